The molecule has 0 aromatic heterocycles. The summed E-state index contributed by atoms with van der Waals surface area (Å²) in [6, 6.07) is 15.8. The van der Waals surface area contributed by atoms with E-state index in [1.807, 2.05) is 13.0 Å². The van der Waals surface area contributed by atoms with E-state index in [2.05, 4.69) is 5.32 Å². The van der Waals surface area contributed by atoms with Crippen molar-refractivity contribution in [2.75, 3.05) is 19.8 Å². The third-order valence-corrected chi connectivity index (χ3v) is 3.67. The second-order valence-electron chi connectivity index (χ2n) is 5.71. The average molecular weight is 357 g/mol. The van der Waals surface area contributed by atoms with Crippen LogP contribution in [0.25, 0.3) is 0 Å². The molecule has 26 heavy (non-hydrogen) atoms. The molecule has 1 atom stereocenters. The second-order valence-corrected chi connectivity index (χ2v) is 5.71. The van der Waals surface area contributed by atoms with Crippen molar-refractivity contribution >= 4 is 11.9 Å². The molecule has 6 heteroatoms. The molecule has 2 rings (SSSR count). The largest absolute Gasteiger partial charge is 0.494 e. The first-order valence-electron chi connectivity index (χ1n) is 8.50. The van der Waals surface area contributed by atoms with Gasteiger partial charge < -0.3 is 19.9 Å². The topological polar surface area (TPSA) is 84.9 Å². The molecule has 1 amide bonds. The van der Waals surface area contributed by atoms with Gasteiger partial charge in [-0.1, -0.05) is 37.3 Å². The third-order valence-electron chi connectivity index (χ3n) is 3.67. The summed E-state index contributed by atoms with van der Waals surface area (Å²) in [5.41, 5.74) is 0.642. The maximum Gasteiger partial charge on any atom is 0.312 e. The number of hydrogen-bond acceptors (Lipinski definition) is 4. The summed E-state index contributed by atoms with van der Waals surface area (Å²) >= 11 is 0. The van der Waals surface area contributed by atoms with Crippen LogP contribution in [0.1, 0.15) is 24.8 Å². The van der Waals surface area contributed by atoms with Gasteiger partial charge in [0.25, 0.3) is 5.91 Å². The van der Waals surface area contributed by atoms with Crippen LogP contribution in [0.3, 0.4) is 0 Å². The quantitative estimate of drug-likeness (QED) is 0.683. The standard InChI is InChI=1S/C20H23NO5/c1-2-12-25-16-8-10-17(11-9-16)26-14-19(22)21-13-18(20(23)24)15-6-4-3-5-7-15/h3-11,18H,2,12-14H2,1H3,(H,21,22)(H,23,24). The molecule has 1 unspecified atom stereocenters. The van der Waals surface area contributed by atoms with Crippen LogP contribution in [0.5, 0.6) is 11.5 Å². The third kappa shape index (κ3) is 6.12. The molecule has 2 N–H and O–H groups in total. The van der Waals surface area contributed by atoms with Gasteiger partial charge >= 0.3 is 5.97 Å². The molecule has 2 aromatic carbocycles. The molecule has 0 saturated carbocycles. The molecule has 0 fully saturated rings. The van der Waals surface area contributed by atoms with Crippen LogP contribution in [-0.2, 0) is 9.59 Å². The summed E-state index contributed by atoms with van der Waals surface area (Å²) in [4.78, 5) is 23.3. The van der Waals surface area contributed by atoms with Crippen molar-refractivity contribution in [3.8, 4) is 11.5 Å². The summed E-state index contributed by atoms with van der Waals surface area (Å²) in [6.45, 7) is 2.50. The van der Waals surface area contributed by atoms with E-state index < -0.39 is 11.9 Å². The first-order chi connectivity index (χ1) is 12.6. The Balaban J connectivity index is 1.80. The molecule has 0 heterocycles. The minimum absolute atomic E-state index is 0.00529. The van der Waals surface area contributed by atoms with Gasteiger partial charge in [0, 0.05) is 6.54 Å². The fraction of sp³-hybridized carbons (Fsp3) is 0.300. The highest BCUT2D eigenvalue weighted by molar-refractivity contribution is 5.80. The monoisotopic (exact) mass is 357 g/mol. The number of carbonyl (C=O) groups excluding carboxylic acids is 1. The Bertz CT molecular complexity index is 700. The second kappa shape index (κ2) is 10.1. The molecule has 0 aliphatic heterocycles. The van der Waals surface area contributed by atoms with Crippen LogP contribution >= 0.6 is 0 Å². The molecular weight excluding hydrogens is 334 g/mol. The number of benzene rings is 2. The van der Waals surface area contributed by atoms with Gasteiger partial charge in [0.15, 0.2) is 6.61 Å². The van der Waals surface area contributed by atoms with Crippen LogP contribution in [0.15, 0.2) is 54.6 Å². The zero-order chi connectivity index (χ0) is 18.8. The van der Waals surface area contributed by atoms with Crippen molar-refractivity contribution in [1.29, 1.82) is 0 Å². The molecule has 0 aliphatic carbocycles. The Kier molecular flexibility index (Phi) is 7.49. The molecule has 0 radical (unpaired) electrons. The van der Waals surface area contributed by atoms with Crippen molar-refractivity contribution in [3.63, 3.8) is 0 Å². The van der Waals surface area contributed by atoms with Gasteiger partial charge in [0.05, 0.1) is 12.5 Å². The SMILES string of the molecule is CCCOc1ccc(OCC(=O)NCC(C(=O)O)c2ccccc2)cc1. The number of rotatable bonds is 10. The van der Waals surface area contributed by atoms with E-state index in [-0.39, 0.29) is 19.1 Å². The Hall–Kier alpha value is -3.02. The Morgan fingerprint density at radius 2 is 1.62 bits per heavy atom. The highest BCUT2D eigenvalue weighted by atomic mass is 16.5. The maximum atomic E-state index is 11.9. The number of nitrogens with one attached hydrogen (secondary N) is 1. The van der Waals surface area contributed by atoms with Crippen molar-refractivity contribution in [3.05, 3.63) is 60.2 Å². The van der Waals surface area contributed by atoms with Crippen molar-refractivity contribution in [2.24, 2.45) is 0 Å². The van der Waals surface area contributed by atoms with Crippen LogP contribution < -0.4 is 14.8 Å². The average Bonchev–Trinajstić information content (AvgIpc) is 2.66. The predicted octanol–water partition coefficient (Wildman–Crippen LogP) is 2.84. The first kappa shape index (κ1) is 19.3. The normalized spacial score (nSPS) is 11.4. The lowest BCUT2D eigenvalue weighted by Crippen LogP contribution is -2.34. The molecular formula is C20H23NO5. The zero-order valence-corrected chi connectivity index (χ0v) is 14.7. The Morgan fingerprint density at radius 1 is 1.00 bits per heavy atom. The summed E-state index contributed by atoms with van der Waals surface area (Å²) < 4.78 is 10.9. The molecule has 0 aliphatic rings. The molecule has 138 valence electrons. The molecule has 0 saturated heterocycles. The molecule has 0 bridgehead atoms. The van der Waals surface area contributed by atoms with E-state index in [9.17, 15) is 14.7 Å². The lowest BCUT2D eigenvalue weighted by atomic mass is 9.99. The van der Waals surface area contributed by atoms with Crippen molar-refractivity contribution in [2.45, 2.75) is 19.3 Å². The highest BCUT2D eigenvalue weighted by Gasteiger charge is 2.20. The van der Waals surface area contributed by atoms with Crippen molar-refractivity contribution in [1.82, 2.24) is 5.32 Å². The van der Waals surface area contributed by atoms with Crippen LogP contribution in [0.2, 0.25) is 0 Å². The summed E-state index contributed by atoms with van der Waals surface area (Å²) in [5.74, 6) is -0.869. The van der Waals surface area contributed by atoms with E-state index >= 15 is 0 Å². The highest BCUT2D eigenvalue weighted by Crippen LogP contribution is 2.18. The Labute approximate surface area is 152 Å². The lowest BCUT2D eigenvalue weighted by molar-refractivity contribution is -0.138. The van der Waals surface area contributed by atoms with Gasteiger partial charge in [-0.25, -0.2) is 0 Å². The molecule has 0 spiro atoms. The van der Waals surface area contributed by atoms with Gasteiger partial charge in [-0.3, -0.25) is 9.59 Å². The number of amides is 1. The number of aliphatic carboxylic acids is 1. The van der Waals surface area contributed by atoms with Crippen molar-refractivity contribution < 1.29 is 24.2 Å². The maximum absolute atomic E-state index is 11.9. The molecule has 6 nitrogen and oxygen atoms in total. The van der Waals surface area contributed by atoms with Crippen LogP contribution in [0.4, 0.5) is 0 Å². The van der Waals surface area contributed by atoms with E-state index in [1.165, 1.54) is 0 Å². The number of carboxylic acids is 1. The summed E-state index contributed by atoms with van der Waals surface area (Å²) in [5, 5.41) is 11.9. The van der Waals surface area contributed by atoms with Crippen LogP contribution in [-0.4, -0.2) is 36.7 Å². The number of carboxylic acid groups (broad SMARTS) is 1. The fourth-order valence-electron chi connectivity index (χ4n) is 2.30. The smallest absolute Gasteiger partial charge is 0.312 e. The minimum atomic E-state index is -0.986. The fourth-order valence-corrected chi connectivity index (χ4v) is 2.30. The number of ether oxygens (including phenoxy) is 2. The zero-order valence-electron chi connectivity index (χ0n) is 14.7. The number of hydrogen-bond donors (Lipinski definition) is 2. The van der Waals surface area contributed by atoms with E-state index in [1.54, 1.807) is 48.5 Å². The van der Waals surface area contributed by atoms with Crippen LogP contribution in [0, 0.1) is 0 Å². The number of carbonyl (C=O) groups is 2. The Morgan fingerprint density at radius 3 is 2.19 bits per heavy atom. The minimum Gasteiger partial charge on any atom is -0.494 e. The van der Waals surface area contributed by atoms with E-state index in [4.69, 9.17) is 9.47 Å². The van der Waals surface area contributed by atoms with E-state index in [0.717, 1.165) is 12.2 Å². The van der Waals surface area contributed by atoms with Gasteiger partial charge in [-0.05, 0) is 36.2 Å². The predicted molar refractivity (Wildman–Crippen MR) is 97.6 cm³/mol. The van der Waals surface area contributed by atoms with E-state index in [0.29, 0.717) is 17.9 Å². The summed E-state index contributed by atoms with van der Waals surface area (Å²) in [7, 11) is 0. The van der Waals surface area contributed by atoms with Gasteiger partial charge in [0.2, 0.25) is 0 Å². The van der Waals surface area contributed by atoms with Gasteiger partial charge in [-0.15, -0.1) is 0 Å². The van der Waals surface area contributed by atoms with Gasteiger partial charge in [0.1, 0.15) is 11.5 Å². The molecule has 2 aromatic rings. The summed E-state index contributed by atoms with van der Waals surface area (Å²) in [6.07, 6.45) is 0.929. The van der Waals surface area contributed by atoms with Gasteiger partial charge in [-0.2, -0.15) is 0 Å². The first-order valence-corrected chi connectivity index (χ1v) is 8.50. The lowest BCUT2D eigenvalue weighted by Gasteiger charge is -2.14.